The van der Waals surface area contributed by atoms with Crippen LogP contribution in [0, 0.1) is 11.7 Å². The lowest BCUT2D eigenvalue weighted by Gasteiger charge is -2.32. The molecular formula is C18H24FN3O. The maximum atomic E-state index is 12.9. The Bertz CT molecular complexity index is 611. The number of rotatable bonds is 6. The fourth-order valence-electron chi connectivity index (χ4n) is 3.16. The first-order valence-electron chi connectivity index (χ1n) is 8.35. The zero-order valence-electron chi connectivity index (χ0n) is 13.6. The summed E-state index contributed by atoms with van der Waals surface area (Å²) in [4.78, 5) is 6.92. The van der Waals surface area contributed by atoms with Gasteiger partial charge in [-0.2, -0.15) is 0 Å². The first kappa shape index (κ1) is 16.0. The van der Waals surface area contributed by atoms with Gasteiger partial charge in [-0.15, -0.1) is 0 Å². The molecule has 2 aromatic rings. The third kappa shape index (κ3) is 4.32. The molecule has 0 bridgehead atoms. The van der Waals surface area contributed by atoms with Crippen molar-refractivity contribution in [1.29, 1.82) is 0 Å². The minimum atomic E-state index is -0.229. The number of hydrogen-bond acceptors (Lipinski definition) is 3. The van der Waals surface area contributed by atoms with Crippen molar-refractivity contribution in [2.45, 2.75) is 32.9 Å². The van der Waals surface area contributed by atoms with Crippen LogP contribution in [0.3, 0.4) is 0 Å². The van der Waals surface area contributed by atoms with Crippen LogP contribution in [-0.4, -0.2) is 34.1 Å². The van der Waals surface area contributed by atoms with E-state index in [0.29, 0.717) is 12.5 Å². The molecular weight excluding hydrogens is 293 g/mol. The van der Waals surface area contributed by atoms with Crippen LogP contribution in [0.2, 0.25) is 0 Å². The van der Waals surface area contributed by atoms with E-state index in [0.717, 1.165) is 37.8 Å². The number of aromatic nitrogens is 2. The van der Waals surface area contributed by atoms with Gasteiger partial charge in [0.2, 0.25) is 0 Å². The Morgan fingerprint density at radius 1 is 1.30 bits per heavy atom. The highest BCUT2D eigenvalue weighted by molar-refractivity contribution is 5.22. The number of nitrogens with zero attached hydrogens (tertiary/aromatic N) is 3. The van der Waals surface area contributed by atoms with Gasteiger partial charge < -0.3 is 9.30 Å². The molecule has 3 rings (SSSR count). The molecule has 1 unspecified atom stereocenters. The molecule has 1 atom stereocenters. The number of piperidine rings is 1. The molecule has 0 saturated carbocycles. The fraction of sp³-hybridized carbons (Fsp3) is 0.500. The van der Waals surface area contributed by atoms with E-state index in [1.807, 2.05) is 12.4 Å². The smallest absolute Gasteiger partial charge is 0.123 e. The predicted octanol–water partition coefficient (Wildman–Crippen LogP) is 3.33. The Morgan fingerprint density at radius 3 is 2.91 bits per heavy atom. The molecule has 124 valence electrons. The monoisotopic (exact) mass is 317 g/mol. The van der Waals surface area contributed by atoms with Crippen molar-refractivity contribution in [2.24, 2.45) is 5.92 Å². The molecule has 0 amide bonds. The van der Waals surface area contributed by atoms with Crippen molar-refractivity contribution < 1.29 is 9.13 Å². The van der Waals surface area contributed by atoms with Crippen molar-refractivity contribution in [3.8, 4) is 5.75 Å². The molecule has 1 saturated heterocycles. The Labute approximate surface area is 136 Å². The second kappa shape index (κ2) is 7.59. The van der Waals surface area contributed by atoms with Crippen molar-refractivity contribution in [1.82, 2.24) is 14.5 Å². The Hall–Kier alpha value is -1.88. The van der Waals surface area contributed by atoms with Gasteiger partial charge in [-0.3, -0.25) is 4.90 Å². The third-order valence-corrected chi connectivity index (χ3v) is 4.41. The summed E-state index contributed by atoms with van der Waals surface area (Å²) >= 11 is 0. The average Bonchev–Trinajstić information content (AvgIpc) is 3.02. The van der Waals surface area contributed by atoms with Crippen molar-refractivity contribution >= 4 is 0 Å². The van der Waals surface area contributed by atoms with Crippen LogP contribution in [0.4, 0.5) is 4.39 Å². The molecule has 0 spiro atoms. The second-order valence-electron chi connectivity index (χ2n) is 6.14. The molecule has 1 aromatic heterocycles. The summed E-state index contributed by atoms with van der Waals surface area (Å²) < 4.78 is 20.9. The molecule has 2 heterocycles. The van der Waals surface area contributed by atoms with Crippen LogP contribution in [0.15, 0.2) is 36.7 Å². The largest absolute Gasteiger partial charge is 0.493 e. The summed E-state index contributed by atoms with van der Waals surface area (Å²) in [6, 6.07) is 6.25. The van der Waals surface area contributed by atoms with Crippen LogP contribution in [0.5, 0.6) is 5.75 Å². The third-order valence-electron chi connectivity index (χ3n) is 4.41. The number of aryl methyl sites for hydroxylation is 1. The highest BCUT2D eigenvalue weighted by atomic mass is 19.1. The van der Waals surface area contributed by atoms with Gasteiger partial charge in [0.1, 0.15) is 17.4 Å². The van der Waals surface area contributed by atoms with Crippen LogP contribution < -0.4 is 4.74 Å². The van der Waals surface area contributed by atoms with Gasteiger partial charge in [-0.1, -0.05) is 0 Å². The summed E-state index contributed by atoms with van der Waals surface area (Å²) in [7, 11) is 0. The first-order valence-corrected chi connectivity index (χ1v) is 8.35. The minimum absolute atomic E-state index is 0.229. The second-order valence-corrected chi connectivity index (χ2v) is 6.14. The molecule has 5 heteroatoms. The molecule has 1 aliphatic heterocycles. The molecule has 0 N–H and O–H groups in total. The van der Waals surface area contributed by atoms with Crippen molar-refractivity contribution in [3.05, 3.63) is 48.3 Å². The number of imidazole rings is 1. The van der Waals surface area contributed by atoms with Gasteiger partial charge in [0.25, 0.3) is 0 Å². The van der Waals surface area contributed by atoms with Gasteiger partial charge in [-0.25, -0.2) is 9.37 Å². The summed E-state index contributed by atoms with van der Waals surface area (Å²) in [6.07, 6.45) is 6.27. The van der Waals surface area contributed by atoms with E-state index in [9.17, 15) is 4.39 Å². The molecule has 1 aromatic carbocycles. The Balaban J connectivity index is 1.51. The van der Waals surface area contributed by atoms with Gasteiger partial charge in [-0.05, 0) is 50.6 Å². The highest BCUT2D eigenvalue weighted by Crippen LogP contribution is 2.20. The standard InChI is InChI=1S/C18H24FN3O/c1-2-22-11-9-20-18(22)13-21-10-3-4-15(12-21)14-23-17-7-5-16(19)6-8-17/h5-9,11,15H,2-4,10,12-14H2,1H3. The summed E-state index contributed by atoms with van der Waals surface area (Å²) in [5.74, 6) is 2.16. The van der Waals surface area contributed by atoms with Crippen molar-refractivity contribution in [2.75, 3.05) is 19.7 Å². The van der Waals surface area contributed by atoms with Gasteiger partial charge in [0, 0.05) is 31.4 Å². The van der Waals surface area contributed by atoms with E-state index >= 15 is 0 Å². The Kier molecular flexibility index (Phi) is 5.28. The van der Waals surface area contributed by atoms with E-state index in [-0.39, 0.29) is 5.82 Å². The molecule has 0 aliphatic carbocycles. The fourth-order valence-corrected chi connectivity index (χ4v) is 3.16. The zero-order chi connectivity index (χ0) is 16.1. The van der Waals surface area contributed by atoms with E-state index in [1.54, 1.807) is 12.1 Å². The highest BCUT2D eigenvalue weighted by Gasteiger charge is 2.21. The van der Waals surface area contributed by atoms with Crippen LogP contribution in [0.25, 0.3) is 0 Å². The van der Waals surface area contributed by atoms with E-state index in [1.165, 1.54) is 25.0 Å². The maximum absolute atomic E-state index is 12.9. The van der Waals surface area contributed by atoms with Crippen molar-refractivity contribution in [3.63, 3.8) is 0 Å². The quantitative estimate of drug-likeness (QED) is 0.818. The van der Waals surface area contributed by atoms with Gasteiger partial charge >= 0.3 is 0 Å². The normalized spacial score (nSPS) is 19.0. The minimum Gasteiger partial charge on any atom is -0.493 e. The average molecular weight is 317 g/mol. The molecule has 1 aliphatic rings. The number of hydrogen-bond donors (Lipinski definition) is 0. The van der Waals surface area contributed by atoms with Gasteiger partial charge in [0.05, 0.1) is 13.2 Å². The lowest BCUT2D eigenvalue weighted by atomic mass is 9.99. The summed E-state index contributed by atoms with van der Waals surface area (Å²) in [5, 5.41) is 0. The predicted molar refractivity (Wildman–Crippen MR) is 87.8 cm³/mol. The molecule has 0 radical (unpaired) electrons. The van der Waals surface area contributed by atoms with E-state index in [2.05, 4.69) is 21.4 Å². The van der Waals surface area contributed by atoms with Gasteiger partial charge in [0.15, 0.2) is 0 Å². The van der Waals surface area contributed by atoms with Crippen LogP contribution in [0.1, 0.15) is 25.6 Å². The lowest BCUT2D eigenvalue weighted by molar-refractivity contribution is 0.122. The molecule has 23 heavy (non-hydrogen) atoms. The zero-order valence-corrected chi connectivity index (χ0v) is 13.6. The topological polar surface area (TPSA) is 30.3 Å². The van der Waals surface area contributed by atoms with E-state index in [4.69, 9.17) is 4.74 Å². The Morgan fingerprint density at radius 2 is 2.13 bits per heavy atom. The lowest BCUT2D eigenvalue weighted by Crippen LogP contribution is -2.37. The summed E-state index contributed by atoms with van der Waals surface area (Å²) in [6.45, 7) is 6.82. The molecule has 1 fully saturated rings. The summed E-state index contributed by atoms with van der Waals surface area (Å²) in [5.41, 5.74) is 0. The first-order chi connectivity index (χ1) is 11.2. The van der Waals surface area contributed by atoms with E-state index < -0.39 is 0 Å². The number of likely N-dealkylation sites (tertiary alicyclic amines) is 1. The van der Waals surface area contributed by atoms with Crippen LogP contribution in [-0.2, 0) is 13.1 Å². The number of halogens is 1. The number of benzene rings is 1. The molecule has 4 nitrogen and oxygen atoms in total. The van der Waals surface area contributed by atoms with Crippen LogP contribution >= 0.6 is 0 Å². The SMILES string of the molecule is CCn1ccnc1CN1CCCC(COc2ccc(F)cc2)C1. The maximum Gasteiger partial charge on any atom is 0.123 e. The number of ether oxygens (including phenoxy) is 1.